The lowest BCUT2D eigenvalue weighted by Gasteiger charge is -2.32. The number of hydrogen-bond acceptors (Lipinski definition) is 4. The number of carbonyl (C=O) groups excluding carboxylic acids is 2. The molecule has 0 aliphatic carbocycles. The highest BCUT2D eigenvalue weighted by atomic mass is 16.5. The van der Waals surface area contributed by atoms with E-state index in [4.69, 9.17) is 9.47 Å². The average Bonchev–Trinajstić information content (AvgIpc) is 2.60. The maximum Gasteiger partial charge on any atom is 0.338 e. The number of esters is 1. The number of para-hydroxylation sites is 1. The van der Waals surface area contributed by atoms with Crippen molar-refractivity contribution in [1.29, 1.82) is 0 Å². The third-order valence-corrected chi connectivity index (χ3v) is 4.23. The Hall–Kier alpha value is -2.50. The van der Waals surface area contributed by atoms with Crippen LogP contribution in [0.25, 0.3) is 0 Å². The van der Waals surface area contributed by atoms with E-state index in [0.717, 1.165) is 18.4 Å². The first-order valence-electron chi connectivity index (χ1n) is 9.59. The van der Waals surface area contributed by atoms with Crippen LogP contribution in [0.15, 0.2) is 35.5 Å². The van der Waals surface area contributed by atoms with Gasteiger partial charge in [0.1, 0.15) is 5.75 Å². The molecule has 1 aromatic rings. The van der Waals surface area contributed by atoms with Gasteiger partial charge in [-0.1, -0.05) is 45.4 Å². The summed E-state index contributed by atoms with van der Waals surface area (Å²) in [6.07, 6.45) is 1.70. The first-order valence-corrected chi connectivity index (χ1v) is 9.59. The maximum absolute atomic E-state index is 12.9. The quantitative estimate of drug-likeness (QED) is 0.531. The smallest absolute Gasteiger partial charge is 0.338 e. The highest BCUT2D eigenvalue weighted by molar-refractivity contribution is 5.95. The Morgan fingerprint density at radius 3 is 2.52 bits per heavy atom. The van der Waals surface area contributed by atoms with Gasteiger partial charge >= 0.3 is 12.0 Å². The minimum absolute atomic E-state index is 0.0403. The van der Waals surface area contributed by atoms with Gasteiger partial charge in [0.25, 0.3) is 0 Å². The monoisotopic (exact) mass is 374 g/mol. The molecule has 2 amide bonds. The zero-order chi connectivity index (χ0) is 20.0. The van der Waals surface area contributed by atoms with Crippen LogP contribution in [0.4, 0.5) is 4.79 Å². The first-order chi connectivity index (χ1) is 12.8. The van der Waals surface area contributed by atoms with E-state index in [1.54, 1.807) is 13.8 Å². The number of rotatable bonds is 8. The van der Waals surface area contributed by atoms with Crippen LogP contribution < -0.4 is 15.4 Å². The van der Waals surface area contributed by atoms with Crippen LogP contribution in [0.3, 0.4) is 0 Å². The molecule has 2 rings (SSSR count). The molecule has 148 valence electrons. The van der Waals surface area contributed by atoms with Crippen molar-refractivity contribution in [2.24, 2.45) is 5.92 Å². The van der Waals surface area contributed by atoms with E-state index in [1.165, 1.54) is 0 Å². The molecule has 1 heterocycles. The van der Waals surface area contributed by atoms with Crippen LogP contribution in [0.2, 0.25) is 0 Å². The van der Waals surface area contributed by atoms with Crippen LogP contribution in [0.1, 0.15) is 59.1 Å². The summed E-state index contributed by atoms with van der Waals surface area (Å²) in [5.41, 5.74) is 1.75. The number of carbonyl (C=O) groups is 2. The van der Waals surface area contributed by atoms with E-state index >= 15 is 0 Å². The predicted molar refractivity (Wildman–Crippen MR) is 104 cm³/mol. The molecule has 2 N–H and O–H groups in total. The SMILES string of the molecule is CCCCOc1ccccc1C1NC(=O)NC(C(C)C)=C1C(=O)OC(C)C. The van der Waals surface area contributed by atoms with Crippen molar-refractivity contribution in [1.82, 2.24) is 10.6 Å². The number of benzene rings is 1. The highest BCUT2D eigenvalue weighted by Crippen LogP contribution is 2.35. The Bertz CT molecular complexity index is 710. The van der Waals surface area contributed by atoms with Crippen molar-refractivity contribution in [3.8, 4) is 5.75 Å². The molecule has 0 saturated heterocycles. The third-order valence-electron chi connectivity index (χ3n) is 4.23. The van der Waals surface area contributed by atoms with Crippen molar-refractivity contribution < 1.29 is 19.1 Å². The second-order valence-electron chi connectivity index (χ2n) is 7.21. The summed E-state index contributed by atoms with van der Waals surface area (Å²) in [7, 11) is 0. The van der Waals surface area contributed by atoms with Crippen LogP contribution in [-0.4, -0.2) is 24.7 Å². The van der Waals surface area contributed by atoms with Crippen molar-refractivity contribution in [2.75, 3.05) is 6.61 Å². The van der Waals surface area contributed by atoms with Crippen molar-refractivity contribution in [2.45, 2.75) is 59.6 Å². The molecule has 0 saturated carbocycles. The van der Waals surface area contributed by atoms with Gasteiger partial charge in [-0.3, -0.25) is 0 Å². The molecule has 0 bridgehead atoms. The Kier molecular flexibility index (Phi) is 7.28. The zero-order valence-corrected chi connectivity index (χ0v) is 16.8. The molecule has 1 unspecified atom stereocenters. The van der Waals surface area contributed by atoms with Gasteiger partial charge in [-0.05, 0) is 32.3 Å². The molecule has 0 radical (unpaired) electrons. The summed E-state index contributed by atoms with van der Waals surface area (Å²) in [6, 6.07) is 6.52. The molecule has 0 spiro atoms. The summed E-state index contributed by atoms with van der Waals surface area (Å²) < 4.78 is 11.4. The van der Waals surface area contributed by atoms with Crippen molar-refractivity contribution in [3.63, 3.8) is 0 Å². The molecule has 1 aromatic carbocycles. The van der Waals surface area contributed by atoms with Crippen LogP contribution in [-0.2, 0) is 9.53 Å². The molecular formula is C21H30N2O4. The van der Waals surface area contributed by atoms with Gasteiger partial charge in [-0.2, -0.15) is 0 Å². The summed E-state index contributed by atoms with van der Waals surface area (Å²) in [5, 5.41) is 5.64. The number of allylic oxidation sites excluding steroid dienone is 1. The summed E-state index contributed by atoms with van der Waals surface area (Å²) in [4.78, 5) is 25.1. The number of urea groups is 1. The molecule has 6 nitrogen and oxygen atoms in total. The standard InChI is InChI=1S/C21H30N2O4/c1-6-7-12-26-16-11-9-8-10-15(16)19-17(20(24)27-14(4)5)18(13(2)3)22-21(25)23-19/h8-11,13-14,19H,6-7,12H2,1-5H3,(H2,22,23,25). The lowest BCUT2D eigenvalue weighted by molar-refractivity contribution is -0.143. The van der Waals surface area contributed by atoms with E-state index in [1.807, 2.05) is 38.1 Å². The molecule has 1 atom stereocenters. The fraction of sp³-hybridized carbons (Fsp3) is 0.524. The highest BCUT2D eigenvalue weighted by Gasteiger charge is 2.36. The van der Waals surface area contributed by atoms with Crippen LogP contribution >= 0.6 is 0 Å². The minimum Gasteiger partial charge on any atom is -0.493 e. The van der Waals surface area contributed by atoms with Gasteiger partial charge in [0.15, 0.2) is 0 Å². The van der Waals surface area contributed by atoms with Crippen LogP contribution in [0.5, 0.6) is 5.75 Å². The van der Waals surface area contributed by atoms with E-state index in [-0.39, 0.29) is 18.1 Å². The zero-order valence-electron chi connectivity index (χ0n) is 16.8. The van der Waals surface area contributed by atoms with Crippen molar-refractivity contribution >= 4 is 12.0 Å². The van der Waals surface area contributed by atoms with E-state index in [0.29, 0.717) is 23.6 Å². The molecule has 0 aromatic heterocycles. The minimum atomic E-state index is -0.625. The Labute approximate surface area is 161 Å². The summed E-state index contributed by atoms with van der Waals surface area (Å²) in [5.74, 6) is 0.187. The molecular weight excluding hydrogens is 344 g/mol. The van der Waals surface area contributed by atoms with E-state index in [2.05, 4.69) is 17.6 Å². The topological polar surface area (TPSA) is 76.7 Å². The van der Waals surface area contributed by atoms with Gasteiger partial charge < -0.3 is 20.1 Å². The maximum atomic E-state index is 12.9. The second kappa shape index (κ2) is 9.44. The number of nitrogens with one attached hydrogen (secondary N) is 2. The fourth-order valence-corrected chi connectivity index (χ4v) is 2.96. The predicted octanol–water partition coefficient (Wildman–Crippen LogP) is 4.08. The van der Waals surface area contributed by atoms with Gasteiger partial charge in [0.05, 0.1) is 24.3 Å². The molecule has 1 aliphatic rings. The normalized spacial score (nSPS) is 17.0. The number of ether oxygens (including phenoxy) is 2. The lowest BCUT2D eigenvalue weighted by Crippen LogP contribution is -2.47. The third kappa shape index (κ3) is 5.25. The Morgan fingerprint density at radius 1 is 1.19 bits per heavy atom. The van der Waals surface area contributed by atoms with E-state index < -0.39 is 12.0 Å². The fourth-order valence-electron chi connectivity index (χ4n) is 2.96. The summed E-state index contributed by atoms with van der Waals surface area (Å²) in [6.45, 7) is 10.2. The van der Waals surface area contributed by atoms with Gasteiger partial charge in [0.2, 0.25) is 0 Å². The molecule has 1 aliphatic heterocycles. The lowest BCUT2D eigenvalue weighted by atomic mass is 9.91. The second-order valence-corrected chi connectivity index (χ2v) is 7.21. The average molecular weight is 374 g/mol. The van der Waals surface area contributed by atoms with Crippen molar-refractivity contribution in [3.05, 3.63) is 41.1 Å². The largest absolute Gasteiger partial charge is 0.493 e. The first kappa shape index (κ1) is 20.8. The number of hydrogen-bond donors (Lipinski definition) is 2. The molecule has 6 heteroatoms. The molecule has 0 fully saturated rings. The number of amides is 2. The Morgan fingerprint density at radius 2 is 1.89 bits per heavy atom. The van der Waals surface area contributed by atoms with Crippen LogP contribution in [0, 0.1) is 5.92 Å². The van der Waals surface area contributed by atoms with Gasteiger partial charge in [0, 0.05) is 11.3 Å². The van der Waals surface area contributed by atoms with E-state index in [9.17, 15) is 9.59 Å². The van der Waals surface area contributed by atoms with Gasteiger partial charge in [-0.25, -0.2) is 9.59 Å². The number of unbranched alkanes of at least 4 members (excludes halogenated alkanes) is 1. The summed E-state index contributed by atoms with van der Waals surface area (Å²) >= 11 is 0. The molecule has 27 heavy (non-hydrogen) atoms. The van der Waals surface area contributed by atoms with Gasteiger partial charge in [-0.15, -0.1) is 0 Å². The Balaban J connectivity index is 2.50.